The molecule has 2 rings (SSSR count). The van der Waals surface area contributed by atoms with E-state index in [0.29, 0.717) is 5.70 Å². The molecule has 1 aliphatic carbocycles. The highest BCUT2D eigenvalue weighted by Gasteiger charge is 2.28. The molecule has 1 aromatic carbocycles. The fourth-order valence-corrected chi connectivity index (χ4v) is 2.14. The van der Waals surface area contributed by atoms with E-state index in [1.54, 1.807) is 6.08 Å². The second-order valence-electron chi connectivity index (χ2n) is 4.24. The number of carbonyl (C=O) groups excluding carboxylic acids is 1. The van der Waals surface area contributed by atoms with Gasteiger partial charge in [0.2, 0.25) is 0 Å². The molecule has 0 aliphatic heterocycles. The molecule has 16 heavy (non-hydrogen) atoms. The van der Waals surface area contributed by atoms with Gasteiger partial charge in [-0.1, -0.05) is 22.0 Å². The Kier molecular flexibility index (Phi) is 3.15. The van der Waals surface area contributed by atoms with Crippen molar-refractivity contribution in [2.24, 2.45) is 11.7 Å². The summed E-state index contributed by atoms with van der Waals surface area (Å²) in [5, 5.41) is 0. The van der Waals surface area contributed by atoms with Crippen molar-refractivity contribution in [2.45, 2.75) is 19.8 Å². The predicted octanol–water partition coefficient (Wildman–Crippen LogP) is 3.04. The number of ketones is 1. The van der Waals surface area contributed by atoms with Crippen LogP contribution in [-0.4, -0.2) is 5.78 Å². The maximum Gasteiger partial charge on any atom is 0.160 e. The molecule has 0 heterocycles. The smallest absolute Gasteiger partial charge is 0.160 e. The van der Waals surface area contributed by atoms with Crippen LogP contribution in [0.25, 0.3) is 5.70 Å². The molecule has 84 valence electrons. The molecule has 3 heteroatoms. The topological polar surface area (TPSA) is 43.1 Å². The summed E-state index contributed by atoms with van der Waals surface area (Å²) in [6, 6.07) is 5.87. The van der Waals surface area contributed by atoms with Gasteiger partial charge in [0.25, 0.3) is 0 Å². The van der Waals surface area contributed by atoms with Gasteiger partial charge in [0.15, 0.2) is 5.78 Å². The van der Waals surface area contributed by atoms with Gasteiger partial charge < -0.3 is 5.73 Å². The van der Waals surface area contributed by atoms with Crippen LogP contribution in [0.5, 0.6) is 0 Å². The lowest BCUT2D eigenvalue weighted by Gasteiger charge is -2.06. The lowest BCUT2D eigenvalue weighted by Crippen LogP contribution is -2.04. The molecule has 0 atom stereocenters. The molecule has 0 spiro atoms. The quantitative estimate of drug-likeness (QED) is 0.865. The maximum atomic E-state index is 11.6. The van der Waals surface area contributed by atoms with Gasteiger partial charge in [0, 0.05) is 27.7 Å². The SMILES string of the molecule is Cc1cc(Br)ccc1C(N)=CC(=O)C1CC1. The fraction of sp³-hybridized carbons (Fsp3) is 0.308. The average Bonchev–Trinajstić information content (AvgIpc) is 2.99. The van der Waals surface area contributed by atoms with Crippen molar-refractivity contribution in [3.63, 3.8) is 0 Å². The monoisotopic (exact) mass is 279 g/mol. The molecule has 0 radical (unpaired) electrons. The lowest BCUT2D eigenvalue weighted by molar-refractivity contribution is -0.115. The number of hydrogen-bond acceptors (Lipinski definition) is 2. The summed E-state index contributed by atoms with van der Waals surface area (Å²) in [4.78, 5) is 11.6. The van der Waals surface area contributed by atoms with Gasteiger partial charge in [0.1, 0.15) is 0 Å². The van der Waals surface area contributed by atoms with Crippen molar-refractivity contribution in [2.75, 3.05) is 0 Å². The average molecular weight is 280 g/mol. The molecule has 0 bridgehead atoms. The molecule has 0 amide bonds. The minimum absolute atomic E-state index is 0.166. The molecule has 0 unspecified atom stereocenters. The Labute approximate surface area is 104 Å². The third kappa shape index (κ3) is 2.53. The molecule has 1 saturated carbocycles. The van der Waals surface area contributed by atoms with Crippen LogP contribution in [0.15, 0.2) is 28.7 Å². The Hall–Kier alpha value is -1.09. The van der Waals surface area contributed by atoms with Gasteiger partial charge >= 0.3 is 0 Å². The molecule has 1 fully saturated rings. The van der Waals surface area contributed by atoms with E-state index in [9.17, 15) is 4.79 Å². The number of allylic oxidation sites excluding steroid dienone is 1. The van der Waals surface area contributed by atoms with Crippen molar-refractivity contribution in [3.8, 4) is 0 Å². The first-order valence-electron chi connectivity index (χ1n) is 5.35. The largest absolute Gasteiger partial charge is 0.398 e. The van der Waals surface area contributed by atoms with Crippen molar-refractivity contribution in [3.05, 3.63) is 39.9 Å². The Balaban J connectivity index is 2.25. The highest BCUT2D eigenvalue weighted by molar-refractivity contribution is 9.10. The summed E-state index contributed by atoms with van der Waals surface area (Å²) in [6.45, 7) is 1.99. The van der Waals surface area contributed by atoms with Gasteiger partial charge in [-0.15, -0.1) is 0 Å². The number of rotatable bonds is 3. The summed E-state index contributed by atoms with van der Waals surface area (Å²) in [5.41, 5.74) is 8.53. The van der Waals surface area contributed by atoms with Crippen LogP contribution in [0.2, 0.25) is 0 Å². The zero-order valence-corrected chi connectivity index (χ0v) is 10.8. The van der Waals surface area contributed by atoms with Crippen molar-refractivity contribution in [1.82, 2.24) is 0 Å². The van der Waals surface area contributed by atoms with Crippen LogP contribution in [0.1, 0.15) is 24.0 Å². The van der Waals surface area contributed by atoms with Crippen molar-refractivity contribution in [1.29, 1.82) is 0 Å². The van der Waals surface area contributed by atoms with E-state index in [-0.39, 0.29) is 11.7 Å². The molecule has 0 saturated heterocycles. The first-order chi connectivity index (χ1) is 7.58. The zero-order chi connectivity index (χ0) is 11.7. The normalized spacial score (nSPS) is 16.2. The molecule has 1 aromatic rings. The fourth-order valence-electron chi connectivity index (χ4n) is 1.67. The summed E-state index contributed by atoms with van der Waals surface area (Å²) in [7, 11) is 0. The van der Waals surface area contributed by atoms with Gasteiger partial charge in [0.05, 0.1) is 0 Å². The highest BCUT2D eigenvalue weighted by atomic mass is 79.9. The minimum Gasteiger partial charge on any atom is -0.398 e. The van der Waals surface area contributed by atoms with Crippen molar-refractivity contribution < 1.29 is 4.79 Å². The number of hydrogen-bond donors (Lipinski definition) is 1. The predicted molar refractivity (Wildman–Crippen MR) is 68.8 cm³/mol. The molecular formula is C13H14BrNO. The van der Waals surface area contributed by atoms with Crippen LogP contribution >= 0.6 is 15.9 Å². The number of aryl methyl sites for hydroxylation is 1. The first-order valence-corrected chi connectivity index (χ1v) is 6.15. The number of halogens is 1. The van der Waals surface area contributed by atoms with Crippen LogP contribution in [-0.2, 0) is 4.79 Å². The van der Waals surface area contributed by atoms with Crippen LogP contribution in [0.4, 0.5) is 0 Å². The van der Waals surface area contributed by atoms with Gasteiger partial charge in [-0.3, -0.25) is 4.79 Å². The summed E-state index contributed by atoms with van der Waals surface area (Å²) in [5.74, 6) is 0.397. The summed E-state index contributed by atoms with van der Waals surface area (Å²) >= 11 is 3.40. The second-order valence-corrected chi connectivity index (χ2v) is 5.15. The van der Waals surface area contributed by atoms with Gasteiger partial charge in [-0.25, -0.2) is 0 Å². The Morgan fingerprint density at radius 3 is 2.75 bits per heavy atom. The van der Waals surface area contributed by atoms with E-state index < -0.39 is 0 Å². The Morgan fingerprint density at radius 1 is 1.50 bits per heavy atom. The van der Waals surface area contributed by atoms with Crippen LogP contribution < -0.4 is 5.73 Å². The standard InChI is InChI=1S/C13H14BrNO/c1-8-6-10(14)4-5-11(8)12(15)7-13(16)9-2-3-9/h4-7,9H,2-3,15H2,1H3. The third-order valence-electron chi connectivity index (χ3n) is 2.78. The Bertz CT molecular complexity index is 461. The van der Waals surface area contributed by atoms with E-state index in [1.807, 2.05) is 25.1 Å². The molecule has 2 nitrogen and oxygen atoms in total. The lowest BCUT2D eigenvalue weighted by atomic mass is 10.0. The molecule has 1 aliphatic rings. The van der Waals surface area contributed by atoms with E-state index in [1.165, 1.54) is 0 Å². The maximum absolute atomic E-state index is 11.6. The van der Waals surface area contributed by atoms with Gasteiger partial charge in [-0.05, 0) is 37.5 Å². The van der Waals surface area contributed by atoms with E-state index in [4.69, 9.17) is 5.73 Å². The highest BCUT2D eigenvalue weighted by Crippen LogP contribution is 2.31. The number of carbonyl (C=O) groups is 1. The van der Waals surface area contributed by atoms with E-state index >= 15 is 0 Å². The molecular weight excluding hydrogens is 266 g/mol. The summed E-state index contributed by atoms with van der Waals surface area (Å²) in [6.07, 6.45) is 3.61. The van der Waals surface area contributed by atoms with Crippen LogP contribution in [0.3, 0.4) is 0 Å². The number of nitrogens with two attached hydrogens (primary N) is 1. The minimum atomic E-state index is 0.166. The van der Waals surface area contributed by atoms with Gasteiger partial charge in [-0.2, -0.15) is 0 Å². The zero-order valence-electron chi connectivity index (χ0n) is 9.16. The summed E-state index contributed by atoms with van der Waals surface area (Å²) < 4.78 is 1.02. The van der Waals surface area contributed by atoms with Crippen LogP contribution in [0, 0.1) is 12.8 Å². The third-order valence-corrected chi connectivity index (χ3v) is 3.27. The molecule has 2 N–H and O–H groups in total. The number of benzene rings is 1. The second kappa shape index (κ2) is 4.42. The van der Waals surface area contributed by atoms with E-state index in [0.717, 1.165) is 28.4 Å². The van der Waals surface area contributed by atoms with E-state index in [2.05, 4.69) is 15.9 Å². The Morgan fingerprint density at radius 2 is 2.19 bits per heavy atom. The first kappa shape index (κ1) is 11.4. The molecule has 0 aromatic heterocycles. The van der Waals surface area contributed by atoms with Crippen molar-refractivity contribution >= 4 is 27.4 Å².